The molecule has 1 amide bonds. The number of rotatable bonds is 2. The number of aliphatic hydroxyl groups is 1. The van der Waals surface area contributed by atoms with E-state index in [1.54, 1.807) is 34.5 Å². The van der Waals surface area contributed by atoms with Crippen LogP contribution in [0.1, 0.15) is 23.0 Å². The van der Waals surface area contributed by atoms with E-state index in [-0.39, 0.29) is 5.91 Å². The van der Waals surface area contributed by atoms with Crippen molar-refractivity contribution in [2.24, 2.45) is 5.10 Å². The second-order valence-electron chi connectivity index (χ2n) is 6.86. The maximum absolute atomic E-state index is 13.3. The maximum Gasteiger partial charge on any atom is 0.255 e. The predicted octanol–water partition coefficient (Wildman–Crippen LogP) is 4.44. The molecule has 2 aliphatic heterocycles. The Morgan fingerprint density at radius 2 is 1.93 bits per heavy atom. The van der Waals surface area contributed by atoms with Crippen LogP contribution in [0.25, 0.3) is 0 Å². The van der Waals surface area contributed by atoms with Crippen LogP contribution >= 0.6 is 22.9 Å². The van der Waals surface area contributed by atoms with Crippen LogP contribution in [-0.4, -0.2) is 22.3 Å². The summed E-state index contributed by atoms with van der Waals surface area (Å²) in [6, 6.07) is 18.4. The van der Waals surface area contributed by atoms with Gasteiger partial charge >= 0.3 is 0 Å². The number of carbonyl (C=O) groups excluding carboxylic acids is 1. The third kappa shape index (κ3) is 2.49. The monoisotopic (exact) mass is 409 g/mol. The number of amides is 1. The summed E-state index contributed by atoms with van der Waals surface area (Å²) in [5.74, 6) is -0.274. The molecule has 28 heavy (non-hydrogen) atoms. The quantitative estimate of drug-likeness (QED) is 0.657. The zero-order valence-corrected chi connectivity index (χ0v) is 16.2. The number of hydrazone groups is 1. The molecule has 0 aliphatic carbocycles. The summed E-state index contributed by atoms with van der Waals surface area (Å²) in [6.45, 7) is 0. The summed E-state index contributed by atoms with van der Waals surface area (Å²) in [5.41, 5.74) is 1.53. The molecule has 3 heterocycles. The van der Waals surface area contributed by atoms with Crippen molar-refractivity contribution in [3.63, 3.8) is 0 Å². The van der Waals surface area contributed by atoms with Gasteiger partial charge in [-0.05, 0) is 41.8 Å². The zero-order valence-electron chi connectivity index (χ0n) is 14.7. The largest absolute Gasteiger partial charge is 0.385 e. The number of hydrogen-bond donors (Lipinski definition) is 2. The van der Waals surface area contributed by atoms with Crippen LogP contribution in [0, 0.1) is 0 Å². The number of carbonyl (C=O) groups is 1. The highest BCUT2D eigenvalue weighted by Gasteiger charge is 2.58. The number of hydrogen-bond acceptors (Lipinski definition) is 5. The molecule has 1 spiro atoms. The molecule has 0 saturated carbocycles. The van der Waals surface area contributed by atoms with Crippen LogP contribution in [0.4, 0.5) is 11.4 Å². The van der Waals surface area contributed by atoms with Gasteiger partial charge in [0.15, 0.2) is 5.54 Å². The van der Waals surface area contributed by atoms with Crippen molar-refractivity contribution >= 4 is 45.9 Å². The van der Waals surface area contributed by atoms with Crippen molar-refractivity contribution in [1.82, 2.24) is 0 Å². The fourth-order valence-electron chi connectivity index (χ4n) is 3.88. The minimum atomic E-state index is -1.26. The van der Waals surface area contributed by atoms with Crippen LogP contribution in [0.2, 0.25) is 5.02 Å². The smallest absolute Gasteiger partial charge is 0.255 e. The van der Waals surface area contributed by atoms with Crippen molar-refractivity contribution in [3.8, 4) is 0 Å². The van der Waals surface area contributed by atoms with Gasteiger partial charge in [-0.1, -0.05) is 35.9 Å². The van der Waals surface area contributed by atoms with Crippen molar-refractivity contribution in [2.45, 2.75) is 18.1 Å². The average Bonchev–Trinajstić information content (AvgIpc) is 3.36. The van der Waals surface area contributed by atoms with Gasteiger partial charge < -0.3 is 10.4 Å². The molecule has 1 aromatic heterocycles. The average molecular weight is 410 g/mol. The van der Waals surface area contributed by atoms with E-state index in [9.17, 15) is 9.90 Å². The Hall–Kier alpha value is -2.67. The Labute approximate surface area is 170 Å². The van der Waals surface area contributed by atoms with E-state index < -0.39 is 11.6 Å². The second-order valence-corrected chi connectivity index (χ2v) is 8.24. The highest BCUT2D eigenvalue weighted by molar-refractivity contribution is 7.12. The van der Waals surface area contributed by atoms with Crippen LogP contribution in [-0.2, 0) is 4.79 Å². The van der Waals surface area contributed by atoms with E-state index in [4.69, 9.17) is 16.7 Å². The SMILES string of the molecule is O=C1Nc2ccccc2[C@@H](O)[C@]12CC(c1cccs1)=NN2c1ccc(Cl)cc1. The lowest BCUT2D eigenvalue weighted by atomic mass is 9.78. The number of thiophene rings is 1. The van der Waals surface area contributed by atoms with Gasteiger partial charge in [0.2, 0.25) is 0 Å². The van der Waals surface area contributed by atoms with E-state index in [1.165, 1.54) is 0 Å². The second kappa shape index (κ2) is 6.44. The molecule has 0 saturated heterocycles. The Morgan fingerprint density at radius 3 is 2.68 bits per heavy atom. The van der Waals surface area contributed by atoms with E-state index in [1.807, 2.05) is 47.8 Å². The van der Waals surface area contributed by atoms with Gasteiger partial charge in [-0.2, -0.15) is 5.10 Å². The molecule has 2 aliphatic rings. The van der Waals surface area contributed by atoms with Gasteiger partial charge in [0.25, 0.3) is 5.91 Å². The Kier molecular flexibility index (Phi) is 4.01. The molecule has 2 N–H and O–H groups in total. The first kappa shape index (κ1) is 17.4. The number of benzene rings is 2. The third-order valence-corrected chi connectivity index (χ3v) is 6.43. The Bertz CT molecular complexity index is 1080. The van der Waals surface area contributed by atoms with Gasteiger partial charge in [0.05, 0.1) is 16.3 Å². The topological polar surface area (TPSA) is 64.9 Å². The minimum absolute atomic E-state index is 0.274. The molecule has 0 radical (unpaired) electrons. The van der Waals surface area contributed by atoms with Crippen LogP contribution in [0.15, 0.2) is 71.1 Å². The number of fused-ring (bicyclic) bond motifs is 1. The molecule has 7 heteroatoms. The lowest BCUT2D eigenvalue weighted by molar-refractivity contribution is -0.125. The van der Waals surface area contributed by atoms with Crippen LogP contribution in [0.3, 0.4) is 0 Å². The molecule has 3 aromatic rings. The number of halogens is 1. The first-order chi connectivity index (χ1) is 13.6. The van der Waals surface area contributed by atoms with Gasteiger partial charge in [-0.15, -0.1) is 11.3 Å². The Morgan fingerprint density at radius 1 is 1.14 bits per heavy atom. The van der Waals surface area contributed by atoms with Crippen molar-refractivity contribution in [2.75, 3.05) is 10.3 Å². The van der Waals surface area contributed by atoms with Crippen LogP contribution in [0.5, 0.6) is 0 Å². The summed E-state index contributed by atoms with van der Waals surface area (Å²) in [7, 11) is 0. The molecule has 0 bridgehead atoms. The lowest BCUT2D eigenvalue weighted by Gasteiger charge is -2.43. The fraction of sp³-hybridized carbons (Fsp3) is 0.143. The highest BCUT2D eigenvalue weighted by Crippen LogP contribution is 2.48. The maximum atomic E-state index is 13.3. The molecule has 140 valence electrons. The molecule has 2 aromatic carbocycles. The standard InChI is InChI=1S/C21H16ClN3O2S/c22-13-7-9-14(10-8-13)25-21(12-17(24-25)18-6-3-11-28-18)19(26)15-4-1-2-5-16(15)23-20(21)27/h1-11,19,26H,12H2,(H,23,27)/t19-,21-/m1/s1. The van der Waals surface area contributed by atoms with Crippen molar-refractivity contribution < 1.29 is 9.90 Å². The summed E-state index contributed by atoms with van der Waals surface area (Å²) in [6.07, 6.45) is -0.730. The van der Waals surface area contributed by atoms with E-state index in [2.05, 4.69) is 5.32 Å². The molecule has 5 rings (SSSR count). The number of aliphatic hydroxyl groups excluding tert-OH is 1. The van der Waals surface area contributed by atoms with E-state index in [0.29, 0.717) is 28.4 Å². The van der Waals surface area contributed by atoms with E-state index in [0.717, 1.165) is 10.6 Å². The van der Waals surface area contributed by atoms with E-state index >= 15 is 0 Å². The molecule has 0 unspecified atom stereocenters. The highest BCUT2D eigenvalue weighted by atomic mass is 35.5. The van der Waals surface area contributed by atoms with Crippen molar-refractivity contribution in [1.29, 1.82) is 0 Å². The number of anilines is 2. The number of nitrogens with zero attached hydrogens (tertiary/aromatic N) is 2. The normalized spacial score (nSPS) is 23.5. The number of nitrogens with one attached hydrogen (secondary N) is 1. The summed E-state index contributed by atoms with van der Waals surface area (Å²) in [5, 5.41) is 23.3. The molecular formula is C21H16ClN3O2S. The molecule has 5 nitrogen and oxygen atoms in total. The lowest BCUT2D eigenvalue weighted by Crippen LogP contribution is -2.59. The number of para-hydroxylation sites is 1. The fourth-order valence-corrected chi connectivity index (χ4v) is 4.71. The van der Waals surface area contributed by atoms with Gasteiger partial charge in [-0.3, -0.25) is 4.79 Å². The summed E-state index contributed by atoms with van der Waals surface area (Å²) >= 11 is 7.61. The van der Waals surface area contributed by atoms with Gasteiger partial charge in [0, 0.05) is 22.7 Å². The molecule has 2 atom stereocenters. The first-order valence-electron chi connectivity index (χ1n) is 8.85. The first-order valence-corrected chi connectivity index (χ1v) is 10.1. The zero-order chi connectivity index (χ0) is 19.3. The molecular weight excluding hydrogens is 394 g/mol. The van der Waals surface area contributed by atoms with Crippen molar-refractivity contribution in [3.05, 3.63) is 81.5 Å². The van der Waals surface area contributed by atoms with Gasteiger partial charge in [-0.25, -0.2) is 5.01 Å². The molecule has 0 fully saturated rings. The van der Waals surface area contributed by atoms with Crippen LogP contribution < -0.4 is 10.3 Å². The third-order valence-electron chi connectivity index (χ3n) is 5.26. The summed E-state index contributed by atoms with van der Waals surface area (Å²) in [4.78, 5) is 14.3. The summed E-state index contributed by atoms with van der Waals surface area (Å²) < 4.78 is 0. The Balaban J connectivity index is 1.68. The minimum Gasteiger partial charge on any atom is -0.385 e. The predicted molar refractivity (Wildman–Crippen MR) is 112 cm³/mol. The van der Waals surface area contributed by atoms with Gasteiger partial charge in [0.1, 0.15) is 6.10 Å².